The van der Waals surface area contributed by atoms with Gasteiger partial charge in [0, 0.05) is 13.0 Å². The molecule has 0 saturated heterocycles. The quantitative estimate of drug-likeness (QED) is 0.694. The Morgan fingerprint density at radius 3 is 2.64 bits per heavy atom. The maximum Gasteiger partial charge on any atom is 0.164 e. The number of carbonyl (C=O) groups excluding carboxylic acids is 1. The van der Waals surface area contributed by atoms with E-state index in [1.165, 1.54) is 19.3 Å². The first-order valence-corrected chi connectivity index (χ1v) is 5.77. The molecule has 1 aliphatic rings. The Morgan fingerprint density at radius 2 is 2.07 bits per heavy atom. The lowest BCUT2D eigenvalue weighted by molar-refractivity contribution is -0.134. The van der Waals surface area contributed by atoms with Gasteiger partial charge in [0.15, 0.2) is 5.78 Å². The number of hydrogen-bond donors (Lipinski definition) is 0. The SMILES string of the molecule is CCC1CCCCC1C(=O)C(C)OC. The van der Waals surface area contributed by atoms with Gasteiger partial charge in [-0.05, 0) is 25.7 Å². The van der Waals surface area contributed by atoms with Crippen LogP contribution in [-0.4, -0.2) is 19.0 Å². The maximum absolute atomic E-state index is 12.0. The molecule has 1 rings (SSSR count). The molecule has 3 unspecified atom stereocenters. The second kappa shape index (κ2) is 5.50. The van der Waals surface area contributed by atoms with Crippen molar-refractivity contribution in [2.45, 2.75) is 52.1 Å². The van der Waals surface area contributed by atoms with Crippen LogP contribution < -0.4 is 0 Å². The molecular weight excluding hydrogens is 176 g/mol. The average Bonchev–Trinajstić information content (AvgIpc) is 2.26. The fourth-order valence-electron chi connectivity index (χ4n) is 2.49. The minimum atomic E-state index is -0.216. The van der Waals surface area contributed by atoms with E-state index < -0.39 is 0 Å². The van der Waals surface area contributed by atoms with E-state index in [1.54, 1.807) is 7.11 Å². The highest BCUT2D eigenvalue weighted by molar-refractivity contribution is 5.85. The molecule has 0 bridgehead atoms. The van der Waals surface area contributed by atoms with Crippen LogP contribution in [0, 0.1) is 11.8 Å². The summed E-state index contributed by atoms with van der Waals surface area (Å²) < 4.78 is 5.11. The van der Waals surface area contributed by atoms with E-state index in [2.05, 4.69) is 6.92 Å². The van der Waals surface area contributed by atoms with E-state index in [0.717, 1.165) is 12.8 Å². The Kier molecular flexibility index (Phi) is 4.59. The minimum Gasteiger partial charge on any atom is -0.374 e. The summed E-state index contributed by atoms with van der Waals surface area (Å²) >= 11 is 0. The summed E-state index contributed by atoms with van der Waals surface area (Å²) in [4.78, 5) is 12.0. The Bertz CT molecular complexity index is 189. The fourth-order valence-corrected chi connectivity index (χ4v) is 2.49. The Balaban J connectivity index is 2.58. The molecule has 2 nitrogen and oxygen atoms in total. The molecule has 0 heterocycles. The van der Waals surface area contributed by atoms with Gasteiger partial charge in [0.2, 0.25) is 0 Å². The van der Waals surface area contributed by atoms with Gasteiger partial charge in [0.1, 0.15) is 6.10 Å². The summed E-state index contributed by atoms with van der Waals surface area (Å²) in [6, 6.07) is 0. The molecule has 0 radical (unpaired) electrons. The maximum atomic E-state index is 12.0. The van der Waals surface area contributed by atoms with Crippen LogP contribution in [0.3, 0.4) is 0 Å². The van der Waals surface area contributed by atoms with Crippen LogP contribution in [0.5, 0.6) is 0 Å². The molecule has 0 N–H and O–H groups in total. The molecule has 2 heteroatoms. The predicted molar refractivity (Wildman–Crippen MR) is 57.2 cm³/mol. The number of Topliss-reactive ketones (excluding diaryl/α,β-unsaturated/α-hetero) is 1. The third kappa shape index (κ3) is 2.57. The number of ether oxygens (including phenoxy) is 1. The van der Waals surface area contributed by atoms with Gasteiger partial charge in [0.05, 0.1) is 0 Å². The summed E-state index contributed by atoms with van der Waals surface area (Å²) in [6.07, 6.45) is 5.72. The summed E-state index contributed by atoms with van der Waals surface area (Å²) in [7, 11) is 1.62. The van der Waals surface area contributed by atoms with E-state index in [4.69, 9.17) is 4.74 Å². The van der Waals surface area contributed by atoms with E-state index >= 15 is 0 Å². The number of methoxy groups -OCH3 is 1. The third-order valence-electron chi connectivity index (χ3n) is 3.55. The molecule has 0 aliphatic heterocycles. The van der Waals surface area contributed by atoms with Gasteiger partial charge in [-0.3, -0.25) is 4.79 Å². The summed E-state index contributed by atoms with van der Waals surface area (Å²) in [6.45, 7) is 4.05. The molecule has 14 heavy (non-hydrogen) atoms. The molecule has 1 aliphatic carbocycles. The summed E-state index contributed by atoms with van der Waals surface area (Å²) in [5.41, 5.74) is 0. The van der Waals surface area contributed by atoms with Crippen LogP contribution in [0.25, 0.3) is 0 Å². The Labute approximate surface area is 87.0 Å². The van der Waals surface area contributed by atoms with Crippen molar-refractivity contribution in [3.05, 3.63) is 0 Å². The average molecular weight is 198 g/mol. The Hall–Kier alpha value is -0.370. The van der Waals surface area contributed by atoms with Gasteiger partial charge in [0.25, 0.3) is 0 Å². The first-order valence-electron chi connectivity index (χ1n) is 5.77. The molecule has 0 amide bonds. The highest BCUT2D eigenvalue weighted by Gasteiger charge is 2.31. The van der Waals surface area contributed by atoms with Crippen LogP contribution >= 0.6 is 0 Å². The smallest absolute Gasteiger partial charge is 0.164 e. The molecule has 0 spiro atoms. The second-order valence-electron chi connectivity index (χ2n) is 4.34. The van der Waals surface area contributed by atoms with Gasteiger partial charge < -0.3 is 4.74 Å². The monoisotopic (exact) mass is 198 g/mol. The highest BCUT2D eigenvalue weighted by atomic mass is 16.5. The summed E-state index contributed by atoms with van der Waals surface area (Å²) in [5.74, 6) is 1.19. The number of hydrogen-bond acceptors (Lipinski definition) is 2. The van der Waals surface area contributed by atoms with Crippen molar-refractivity contribution in [2.24, 2.45) is 11.8 Å². The second-order valence-corrected chi connectivity index (χ2v) is 4.34. The van der Waals surface area contributed by atoms with Crippen molar-refractivity contribution in [2.75, 3.05) is 7.11 Å². The molecule has 0 aromatic heterocycles. The fraction of sp³-hybridized carbons (Fsp3) is 0.917. The Morgan fingerprint density at radius 1 is 1.43 bits per heavy atom. The first-order chi connectivity index (χ1) is 6.70. The minimum absolute atomic E-state index is 0.216. The van der Waals surface area contributed by atoms with Crippen LogP contribution in [0.4, 0.5) is 0 Å². The van der Waals surface area contributed by atoms with Crippen molar-refractivity contribution in [1.29, 1.82) is 0 Å². The molecular formula is C12H22O2. The molecule has 1 saturated carbocycles. The summed E-state index contributed by atoms with van der Waals surface area (Å²) in [5, 5.41) is 0. The van der Waals surface area contributed by atoms with Gasteiger partial charge in [-0.25, -0.2) is 0 Å². The first kappa shape index (κ1) is 11.7. The largest absolute Gasteiger partial charge is 0.374 e. The zero-order chi connectivity index (χ0) is 10.6. The van der Waals surface area contributed by atoms with E-state index in [1.807, 2.05) is 6.92 Å². The topological polar surface area (TPSA) is 26.3 Å². The number of rotatable bonds is 4. The lowest BCUT2D eigenvalue weighted by atomic mass is 9.75. The van der Waals surface area contributed by atoms with Crippen molar-refractivity contribution in [3.63, 3.8) is 0 Å². The predicted octanol–water partition coefficient (Wildman–Crippen LogP) is 2.81. The third-order valence-corrected chi connectivity index (χ3v) is 3.55. The van der Waals surface area contributed by atoms with Crippen molar-refractivity contribution >= 4 is 5.78 Å². The van der Waals surface area contributed by atoms with Gasteiger partial charge in [-0.15, -0.1) is 0 Å². The molecule has 82 valence electrons. The standard InChI is InChI=1S/C12H22O2/c1-4-10-7-5-6-8-11(10)12(13)9(2)14-3/h9-11H,4-8H2,1-3H3. The lowest BCUT2D eigenvalue weighted by Gasteiger charge is -2.31. The normalized spacial score (nSPS) is 29.9. The molecule has 0 aromatic carbocycles. The van der Waals surface area contributed by atoms with Gasteiger partial charge in [-0.1, -0.05) is 26.2 Å². The van der Waals surface area contributed by atoms with E-state index in [-0.39, 0.29) is 12.0 Å². The van der Waals surface area contributed by atoms with Crippen LogP contribution in [0.15, 0.2) is 0 Å². The zero-order valence-electron chi connectivity index (χ0n) is 9.58. The van der Waals surface area contributed by atoms with Crippen LogP contribution in [-0.2, 0) is 9.53 Å². The highest BCUT2D eigenvalue weighted by Crippen LogP contribution is 2.33. The number of ketones is 1. The van der Waals surface area contributed by atoms with Crippen molar-refractivity contribution < 1.29 is 9.53 Å². The lowest BCUT2D eigenvalue weighted by Crippen LogP contribution is -2.34. The van der Waals surface area contributed by atoms with Gasteiger partial charge in [-0.2, -0.15) is 0 Å². The zero-order valence-corrected chi connectivity index (χ0v) is 9.58. The molecule has 1 fully saturated rings. The molecule has 3 atom stereocenters. The van der Waals surface area contributed by atoms with Gasteiger partial charge >= 0.3 is 0 Å². The van der Waals surface area contributed by atoms with Crippen LogP contribution in [0.1, 0.15) is 46.0 Å². The van der Waals surface area contributed by atoms with E-state index in [9.17, 15) is 4.79 Å². The van der Waals surface area contributed by atoms with Crippen LogP contribution in [0.2, 0.25) is 0 Å². The molecule has 0 aromatic rings. The number of carbonyl (C=O) groups is 1. The van der Waals surface area contributed by atoms with Crippen molar-refractivity contribution in [1.82, 2.24) is 0 Å². The van der Waals surface area contributed by atoms with Crippen molar-refractivity contribution in [3.8, 4) is 0 Å². The van der Waals surface area contributed by atoms with E-state index in [0.29, 0.717) is 11.7 Å².